The van der Waals surface area contributed by atoms with Gasteiger partial charge >= 0.3 is 5.97 Å². The lowest BCUT2D eigenvalue weighted by Crippen LogP contribution is -2.06. The van der Waals surface area contributed by atoms with Crippen LogP contribution in [0.5, 0.6) is 11.5 Å². The lowest BCUT2D eigenvalue weighted by atomic mass is 10.1. The van der Waals surface area contributed by atoms with Crippen LogP contribution < -0.4 is 9.47 Å². The lowest BCUT2D eigenvalue weighted by Gasteiger charge is -2.13. The van der Waals surface area contributed by atoms with Crippen LogP contribution in [0.25, 0.3) is 6.08 Å². The van der Waals surface area contributed by atoms with E-state index in [0.29, 0.717) is 29.6 Å². The molecule has 0 amide bonds. The number of hydrogen-bond donors (Lipinski definition) is 0. The van der Waals surface area contributed by atoms with Gasteiger partial charge in [0.25, 0.3) is 0 Å². The van der Waals surface area contributed by atoms with Crippen LogP contribution in [0.3, 0.4) is 0 Å². The predicted molar refractivity (Wildman–Crippen MR) is 123 cm³/mol. The van der Waals surface area contributed by atoms with Crippen LogP contribution in [-0.4, -0.2) is 19.0 Å². The maximum absolute atomic E-state index is 12.5. The Morgan fingerprint density at radius 1 is 1.03 bits per heavy atom. The van der Waals surface area contributed by atoms with Gasteiger partial charge < -0.3 is 14.2 Å². The Balaban J connectivity index is 1.66. The number of nitrogens with zero attached hydrogens (tertiary/aromatic N) is 1. The fraction of sp³-hybridized carbons (Fsp3) is 0.120. The van der Waals surface area contributed by atoms with E-state index in [0.717, 1.165) is 21.2 Å². The first-order chi connectivity index (χ1) is 15.0. The number of benzene rings is 3. The monoisotopic (exact) mass is 477 g/mol. The van der Waals surface area contributed by atoms with Gasteiger partial charge in [0.15, 0.2) is 17.2 Å². The highest BCUT2D eigenvalue weighted by Gasteiger charge is 2.25. The third-order valence-electron chi connectivity index (χ3n) is 4.81. The summed E-state index contributed by atoms with van der Waals surface area (Å²) in [5.41, 5.74) is 3.66. The van der Waals surface area contributed by atoms with Crippen molar-refractivity contribution in [2.45, 2.75) is 13.5 Å². The van der Waals surface area contributed by atoms with Crippen LogP contribution in [0, 0.1) is 6.92 Å². The molecule has 0 aromatic heterocycles. The zero-order valence-electron chi connectivity index (χ0n) is 17.1. The normalized spacial score (nSPS) is 14.4. The summed E-state index contributed by atoms with van der Waals surface area (Å²) in [6, 6.07) is 21.0. The van der Waals surface area contributed by atoms with Crippen molar-refractivity contribution in [1.82, 2.24) is 0 Å². The summed E-state index contributed by atoms with van der Waals surface area (Å²) in [5.74, 6) is 0.906. The van der Waals surface area contributed by atoms with Crippen molar-refractivity contribution in [3.05, 3.63) is 99.2 Å². The number of cyclic esters (lactones) is 1. The van der Waals surface area contributed by atoms with Crippen molar-refractivity contribution in [2.24, 2.45) is 4.99 Å². The van der Waals surface area contributed by atoms with Gasteiger partial charge in [0.1, 0.15) is 6.61 Å². The van der Waals surface area contributed by atoms with Gasteiger partial charge in [0.05, 0.1) is 7.11 Å². The molecule has 0 aliphatic carbocycles. The van der Waals surface area contributed by atoms with Crippen molar-refractivity contribution < 1.29 is 19.0 Å². The minimum absolute atomic E-state index is 0.208. The fourth-order valence-corrected chi connectivity index (χ4v) is 3.45. The first-order valence-electron chi connectivity index (χ1n) is 9.68. The highest BCUT2D eigenvalue weighted by Crippen LogP contribution is 2.34. The van der Waals surface area contributed by atoms with Gasteiger partial charge in [0, 0.05) is 15.6 Å². The molecule has 3 aromatic carbocycles. The second kappa shape index (κ2) is 9.18. The number of ether oxygens (including phenoxy) is 3. The number of carbonyl (C=O) groups is 1. The van der Waals surface area contributed by atoms with Crippen molar-refractivity contribution in [3.8, 4) is 11.5 Å². The summed E-state index contributed by atoms with van der Waals surface area (Å²) in [6.45, 7) is 2.30. The van der Waals surface area contributed by atoms with Crippen LogP contribution in [0.1, 0.15) is 22.3 Å². The summed E-state index contributed by atoms with van der Waals surface area (Å²) in [5, 5.41) is 0. The molecule has 0 spiro atoms. The molecule has 4 rings (SSSR count). The Hall–Kier alpha value is -3.38. The predicted octanol–water partition coefficient (Wildman–Crippen LogP) is 5.69. The molecular weight excluding hydrogens is 458 g/mol. The molecule has 1 heterocycles. The summed E-state index contributed by atoms with van der Waals surface area (Å²) in [6.07, 6.45) is 1.66. The standard InChI is InChI=1S/C25H20BrNO4/c1-16-6-3-4-8-20(16)24-27-21(25(28)31-24)14-18-7-5-9-22(29-2)23(18)30-15-17-10-12-19(26)13-11-17/h3-14H,15H2,1-2H3/b21-14-. The van der Waals surface area contributed by atoms with Gasteiger partial charge in [-0.25, -0.2) is 9.79 Å². The molecular formula is C25H20BrNO4. The van der Waals surface area contributed by atoms with Gasteiger partial charge in [-0.2, -0.15) is 0 Å². The van der Waals surface area contributed by atoms with E-state index in [9.17, 15) is 4.79 Å². The zero-order valence-corrected chi connectivity index (χ0v) is 18.7. The Morgan fingerprint density at radius 2 is 1.81 bits per heavy atom. The van der Waals surface area contributed by atoms with Gasteiger partial charge in [-0.05, 0) is 48.4 Å². The summed E-state index contributed by atoms with van der Waals surface area (Å²) < 4.78 is 18.0. The Kier molecular flexibility index (Phi) is 6.18. The van der Waals surface area contributed by atoms with Crippen molar-refractivity contribution in [2.75, 3.05) is 7.11 Å². The Morgan fingerprint density at radius 3 is 2.55 bits per heavy atom. The average Bonchev–Trinajstić information content (AvgIpc) is 3.14. The number of carbonyl (C=O) groups excluding carboxylic acids is 1. The van der Waals surface area contributed by atoms with Gasteiger partial charge in [-0.15, -0.1) is 0 Å². The number of para-hydroxylation sites is 1. The first-order valence-corrected chi connectivity index (χ1v) is 10.5. The molecule has 0 saturated carbocycles. The molecule has 6 heteroatoms. The maximum Gasteiger partial charge on any atom is 0.363 e. The molecule has 1 aliphatic heterocycles. The second-order valence-corrected chi connectivity index (χ2v) is 7.86. The van der Waals surface area contributed by atoms with E-state index < -0.39 is 5.97 Å². The molecule has 0 unspecified atom stereocenters. The fourth-order valence-electron chi connectivity index (χ4n) is 3.18. The van der Waals surface area contributed by atoms with Crippen LogP contribution >= 0.6 is 15.9 Å². The minimum atomic E-state index is -0.500. The van der Waals surface area contributed by atoms with Crippen LogP contribution in [0.15, 0.2) is 81.9 Å². The smallest absolute Gasteiger partial charge is 0.363 e. The number of aryl methyl sites for hydroxylation is 1. The Labute approximate surface area is 189 Å². The minimum Gasteiger partial charge on any atom is -0.493 e. The molecule has 0 N–H and O–H groups in total. The SMILES string of the molecule is COc1cccc(/C=C2\N=C(c3ccccc3C)OC2=O)c1OCc1ccc(Br)cc1. The molecule has 0 atom stereocenters. The van der Waals surface area contributed by atoms with E-state index in [-0.39, 0.29) is 5.70 Å². The zero-order chi connectivity index (χ0) is 21.8. The third kappa shape index (κ3) is 4.70. The summed E-state index contributed by atoms with van der Waals surface area (Å²) in [4.78, 5) is 16.9. The molecule has 1 aliphatic rings. The maximum atomic E-state index is 12.5. The topological polar surface area (TPSA) is 57.1 Å². The quantitative estimate of drug-likeness (QED) is 0.338. The number of esters is 1. The molecule has 156 valence electrons. The summed E-state index contributed by atoms with van der Waals surface area (Å²) in [7, 11) is 1.58. The van der Waals surface area contributed by atoms with E-state index in [2.05, 4.69) is 20.9 Å². The van der Waals surface area contributed by atoms with Crippen molar-refractivity contribution >= 4 is 33.9 Å². The average molecular weight is 478 g/mol. The molecule has 5 nitrogen and oxygen atoms in total. The van der Waals surface area contributed by atoms with Crippen LogP contribution in [0.4, 0.5) is 0 Å². The van der Waals surface area contributed by atoms with Gasteiger partial charge in [0.2, 0.25) is 5.90 Å². The largest absolute Gasteiger partial charge is 0.493 e. The molecule has 3 aromatic rings. The van der Waals surface area contributed by atoms with Gasteiger partial charge in [-0.3, -0.25) is 0 Å². The van der Waals surface area contributed by atoms with Crippen molar-refractivity contribution in [1.29, 1.82) is 0 Å². The molecule has 0 saturated heterocycles. The van der Waals surface area contributed by atoms with E-state index >= 15 is 0 Å². The second-order valence-electron chi connectivity index (χ2n) is 6.94. The third-order valence-corrected chi connectivity index (χ3v) is 5.34. The molecule has 31 heavy (non-hydrogen) atoms. The molecule has 0 fully saturated rings. The van der Waals surface area contributed by atoms with E-state index in [1.54, 1.807) is 13.2 Å². The Bertz CT molecular complexity index is 1180. The number of hydrogen-bond acceptors (Lipinski definition) is 5. The van der Waals surface area contributed by atoms with Crippen LogP contribution in [-0.2, 0) is 16.1 Å². The lowest BCUT2D eigenvalue weighted by molar-refractivity contribution is -0.129. The van der Waals surface area contributed by atoms with Crippen molar-refractivity contribution in [3.63, 3.8) is 0 Å². The first kappa shape index (κ1) is 20.9. The number of halogens is 1. The highest BCUT2D eigenvalue weighted by atomic mass is 79.9. The number of methoxy groups -OCH3 is 1. The molecule has 0 bridgehead atoms. The molecule has 0 radical (unpaired) electrons. The summed E-state index contributed by atoms with van der Waals surface area (Å²) >= 11 is 3.43. The van der Waals surface area contributed by atoms with E-state index in [1.165, 1.54) is 0 Å². The number of aliphatic imine (C=N–C) groups is 1. The number of rotatable bonds is 6. The van der Waals surface area contributed by atoms with E-state index in [4.69, 9.17) is 14.2 Å². The van der Waals surface area contributed by atoms with E-state index in [1.807, 2.05) is 73.7 Å². The highest BCUT2D eigenvalue weighted by molar-refractivity contribution is 9.10. The van der Waals surface area contributed by atoms with Gasteiger partial charge in [-0.1, -0.05) is 58.4 Å². The van der Waals surface area contributed by atoms with Crippen LogP contribution in [0.2, 0.25) is 0 Å².